The molecule has 0 bridgehead atoms. The summed E-state index contributed by atoms with van der Waals surface area (Å²) in [7, 11) is 0. The molecule has 29 heavy (non-hydrogen) atoms. The molecule has 8 heteroatoms. The number of aliphatic hydroxyl groups excluding tert-OH is 1. The highest BCUT2D eigenvalue weighted by molar-refractivity contribution is 9.10. The van der Waals surface area contributed by atoms with E-state index < -0.39 is 0 Å². The van der Waals surface area contributed by atoms with Crippen LogP contribution < -0.4 is 10.9 Å². The maximum absolute atomic E-state index is 13.1. The molecular weight excluding hydrogens is 458 g/mol. The molecule has 0 atom stereocenters. The minimum atomic E-state index is -0.363. The number of amides is 1. The van der Waals surface area contributed by atoms with Crippen molar-refractivity contribution < 1.29 is 9.90 Å². The molecule has 150 valence electrons. The van der Waals surface area contributed by atoms with E-state index in [0.29, 0.717) is 33.4 Å². The number of nitrogens with one attached hydrogen (secondary N) is 1. The number of hydrogen-bond donors (Lipinski definition) is 2. The Morgan fingerprint density at radius 3 is 2.62 bits per heavy atom. The first-order valence-corrected chi connectivity index (χ1v) is 10.1. The van der Waals surface area contributed by atoms with Gasteiger partial charge in [-0.05, 0) is 43.3 Å². The second kappa shape index (κ2) is 9.35. The first-order valence-electron chi connectivity index (χ1n) is 8.91. The van der Waals surface area contributed by atoms with Crippen LogP contribution in [-0.2, 0) is 17.8 Å². The van der Waals surface area contributed by atoms with Crippen LogP contribution in [0.4, 0.5) is 5.69 Å². The predicted molar refractivity (Wildman–Crippen MR) is 117 cm³/mol. The number of anilines is 1. The van der Waals surface area contributed by atoms with E-state index >= 15 is 0 Å². The number of nitrogens with zero attached hydrogens (tertiary/aromatic N) is 2. The fourth-order valence-electron chi connectivity index (χ4n) is 2.97. The number of hydrogen-bond acceptors (Lipinski definition) is 4. The summed E-state index contributed by atoms with van der Waals surface area (Å²) in [5.41, 5.74) is 1.79. The molecule has 3 aromatic rings. The van der Waals surface area contributed by atoms with Crippen LogP contribution in [-0.4, -0.2) is 27.2 Å². The van der Waals surface area contributed by atoms with Crippen molar-refractivity contribution in [3.63, 3.8) is 0 Å². The molecule has 0 saturated heterocycles. The number of halogens is 2. The van der Waals surface area contributed by atoms with Crippen LogP contribution in [0, 0.1) is 6.92 Å². The predicted octanol–water partition coefficient (Wildman–Crippen LogP) is 3.81. The molecule has 2 N–H and O–H groups in total. The van der Waals surface area contributed by atoms with E-state index in [4.69, 9.17) is 11.6 Å². The van der Waals surface area contributed by atoms with E-state index in [1.807, 2.05) is 12.1 Å². The third kappa shape index (κ3) is 5.12. The monoisotopic (exact) mass is 475 g/mol. The van der Waals surface area contributed by atoms with Gasteiger partial charge in [-0.15, -0.1) is 0 Å². The zero-order valence-corrected chi connectivity index (χ0v) is 18.0. The number of carbonyl (C=O) groups is 1. The van der Waals surface area contributed by atoms with Gasteiger partial charge in [-0.1, -0.05) is 39.7 Å². The van der Waals surface area contributed by atoms with Crippen LogP contribution in [0.5, 0.6) is 0 Å². The molecule has 2 aromatic carbocycles. The second-order valence-electron chi connectivity index (χ2n) is 6.43. The third-order valence-corrected chi connectivity index (χ3v) is 5.11. The zero-order valence-electron chi connectivity index (χ0n) is 15.7. The summed E-state index contributed by atoms with van der Waals surface area (Å²) in [6.07, 6.45) is 0.168. The van der Waals surface area contributed by atoms with Gasteiger partial charge in [-0.2, -0.15) is 0 Å². The number of rotatable bonds is 6. The molecule has 0 aliphatic rings. The van der Waals surface area contributed by atoms with Gasteiger partial charge in [-0.25, -0.2) is 4.98 Å². The Balaban J connectivity index is 2.02. The van der Waals surface area contributed by atoms with Crippen molar-refractivity contribution in [3.05, 3.63) is 79.6 Å². The number of aryl methyl sites for hydroxylation is 1. The van der Waals surface area contributed by atoms with Crippen molar-refractivity contribution >= 4 is 39.1 Å². The number of aromatic nitrogens is 2. The smallest absolute Gasteiger partial charge is 0.257 e. The maximum Gasteiger partial charge on any atom is 0.257 e. The summed E-state index contributed by atoms with van der Waals surface area (Å²) < 4.78 is 2.21. The Bertz CT molecular complexity index is 1100. The quantitative estimate of drug-likeness (QED) is 0.567. The number of carbonyl (C=O) groups excluding carboxylic acids is 1. The van der Waals surface area contributed by atoms with Gasteiger partial charge in [0.05, 0.1) is 0 Å². The molecule has 0 unspecified atom stereocenters. The molecule has 0 fully saturated rings. The van der Waals surface area contributed by atoms with Crippen molar-refractivity contribution in [3.8, 4) is 11.4 Å². The lowest BCUT2D eigenvalue weighted by Gasteiger charge is -2.16. The lowest BCUT2D eigenvalue weighted by molar-refractivity contribution is -0.116. The summed E-state index contributed by atoms with van der Waals surface area (Å²) in [5, 5.41) is 12.6. The molecule has 1 heterocycles. The SMILES string of the molecule is Cc1nc(-c2cccc(Cl)c2)n(CC(=O)Nc2ccc(Br)cc2)c(=O)c1CCO. The molecule has 0 spiro atoms. The summed E-state index contributed by atoms with van der Waals surface area (Å²) in [6, 6.07) is 14.1. The molecule has 1 aromatic heterocycles. The van der Waals surface area contributed by atoms with Crippen LogP contribution in [0.2, 0.25) is 5.02 Å². The number of aliphatic hydroxyl groups is 1. The summed E-state index contributed by atoms with van der Waals surface area (Å²) in [5.74, 6) is -0.0130. The Hall–Kier alpha value is -2.48. The Morgan fingerprint density at radius 1 is 1.24 bits per heavy atom. The van der Waals surface area contributed by atoms with E-state index in [9.17, 15) is 14.7 Å². The zero-order chi connectivity index (χ0) is 21.0. The molecule has 0 aliphatic heterocycles. The first kappa shape index (κ1) is 21.2. The largest absolute Gasteiger partial charge is 0.396 e. The normalized spacial score (nSPS) is 10.8. The van der Waals surface area contributed by atoms with Crippen LogP contribution >= 0.6 is 27.5 Å². The summed E-state index contributed by atoms with van der Waals surface area (Å²) in [6.45, 7) is 1.31. The molecule has 1 amide bonds. The van der Waals surface area contributed by atoms with E-state index in [2.05, 4.69) is 26.2 Å². The van der Waals surface area contributed by atoms with Gasteiger partial charge in [0.1, 0.15) is 12.4 Å². The molecule has 0 aliphatic carbocycles. The molecular formula is C21H19BrClN3O3. The van der Waals surface area contributed by atoms with Gasteiger partial charge in [-0.3, -0.25) is 14.2 Å². The van der Waals surface area contributed by atoms with E-state index in [0.717, 1.165) is 4.47 Å². The highest BCUT2D eigenvalue weighted by Crippen LogP contribution is 2.22. The van der Waals surface area contributed by atoms with E-state index in [-0.39, 0.29) is 31.0 Å². The van der Waals surface area contributed by atoms with Gasteiger partial charge in [0, 0.05) is 45.0 Å². The van der Waals surface area contributed by atoms with Crippen molar-refractivity contribution in [1.82, 2.24) is 9.55 Å². The molecule has 0 radical (unpaired) electrons. The molecule has 0 saturated carbocycles. The molecule has 3 rings (SSSR count). The molecule has 6 nitrogen and oxygen atoms in total. The van der Waals surface area contributed by atoms with Crippen molar-refractivity contribution in [2.75, 3.05) is 11.9 Å². The van der Waals surface area contributed by atoms with Gasteiger partial charge < -0.3 is 10.4 Å². The van der Waals surface area contributed by atoms with E-state index in [1.54, 1.807) is 43.3 Å². The van der Waals surface area contributed by atoms with Crippen LogP contribution in [0.1, 0.15) is 11.3 Å². The summed E-state index contributed by atoms with van der Waals surface area (Å²) in [4.78, 5) is 30.3. The fraction of sp³-hybridized carbons (Fsp3) is 0.190. The second-order valence-corrected chi connectivity index (χ2v) is 7.78. The Morgan fingerprint density at radius 2 is 1.97 bits per heavy atom. The number of benzene rings is 2. The maximum atomic E-state index is 13.1. The average molecular weight is 477 g/mol. The van der Waals surface area contributed by atoms with E-state index in [1.165, 1.54) is 4.57 Å². The minimum Gasteiger partial charge on any atom is -0.396 e. The first-order chi connectivity index (χ1) is 13.9. The lowest BCUT2D eigenvalue weighted by Crippen LogP contribution is -2.33. The van der Waals surface area contributed by atoms with Gasteiger partial charge in [0.2, 0.25) is 5.91 Å². The standard InChI is InChI=1S/C21H19BrClN3O3/c1-13-18(9-10-27)21(29)26(20(24-13)14-3-2-4-16(23)11-14)12-19(28)25-17-7-5-15(22)6-8-17/h2-8,11,27H,9-10,12H2,1H3,(H,25,28). The van der Waals surface area contributed by atoms with Crippen molar-refractivity contribution in [1.29, 1.82) is 0 Å². The van der Waals surface area contributed by atoms with Gasteiger partial charge in [0.15, 0.2) is 0 Å². The topological polar surface area (TPSA) is 84.2 Å². The van der Waals surface area contributed by atoms with Crippen molar-refractivity contribution in [2.45, 2.75) is 19.9 Å². The van der Waals surface area contributed by atoms with Crippen LogP contribution in [0.15, 0.2) is 57.8 Å². The van der Waals surface area contributed by atoms with Crippen molar-refractivity contribution in [2.24, 2.45) is 0 Å². The minimum absolute atomic E-state index is 0.168. The average Bonchev–Trinajstić information content (AvgIpc) is 2.69. The van der Waals surface area contributed by atoms with Gasteiger partial charge in [0.25, 0.3) is 5.56 Å². The highest BCUT2D eigenvalue weighted by Gasteiger charge is 2.18. The highest BCUT2D eigenvalue weighted by atomic mass is 79.9. The Kier molecular flexibility index (Phi) is 6.84. The van der Waals surface area contributed by atoms with Gasteiger partial charge >= 0.3 is 0 Å². The third-order valence-electron chi connectivity index (χ3n) is 4.34. The van der Waals surface area contributed by atoms with Crippen LogP contribution in [0.25, 0.3) is 11.4 Å². The van der Waals surface area contributed by atoms with Crippen LogP contribution in [0.3, 0.4) is 0 Å². The lowest BCUT2D eigenvalue weighted by atomic mass is 10.1. The Labute approximate surface area is 181 Å². The summed E-state index contributed by atoms with van der Waals surface area (Å²) >= 11 is 9.45. The fourth-order valence-corrected chi connectivity index (χ4v) is 3.43.